The van der Waals surface area contributed by atoms with Crippen molar-refractivity contribution in [3.05, 3.63) is 57.0 Å². The van der Waals surface area contributed by atoms with Gasteiger partial charge >= 0.3 is 0 Å². The lowest BCUT2D eigenvalue weighted by Crippen LogP contribution is -2.49. The number of benzene rings is 1. The van der Waals surface area contributed by atoms with E-state index in [0.29, 0.717) is 42.6 Å². The molecule has 2 aliphatic rings. The maximum atomic E-state index is 13.5. The van der Waals surface area contributed by atoms with Crippen molar-refractivity contribution in [1.82, 2.24) is 9.47 Å². The van der Waals surface area contributed by atoms with Gasteiger partial charge in [-0.25, -0.2) is 0 Å². The molecule has 2 aromatic rings. The summed E-state index contributed by atoms with van der Waals surface area (Å²) >= 11 is 6.12. The highest BCUT2D eigenvalue weighted by Gasteiger charge is 2.29. The number of halogens is 1. The van der Waals surface area contributed by atoms with E-state index in [9.17, 15) is 9.59 Å². The van der Waals surface area contributed by atoms with Crippen LogP contribution < -0.4 is 15.2 Å². The van der Waals surface area contributed by atoms with E-state index in [4.69, 9.17) is 16.3 Å². The number of carbonyl (C=O) groups is 1. The highest BCUT2D eigenvalue weighted by Crippen LogP contribution is 2.28. The standard InChI is InChI=1S/C22H26ClN3O3/c1-2-29-19-15-20(27)26-9-4-3-8-18(26)21(19)22(28)25-12-10-24(11-13-25)17-7-5-6-16(23)14-17/h5-7,14-15H,2-4,8-13H2,1H3. The van der Waals surface area contributed by atoms with Crippen LogP contribution in [0.15, 0.2) is 35.1 Å². The molecule has 3 heterocycles. The van der Waals surface area contributed by atoms with Gasteiger partial charge in [0.05, 0.1) is 6.61 Å². The lowest BCUT2D eigenvalue weighted by Gasteiger charge is -2.37. The summed E-state index contributed by atoms with van der Waals surface area (Å²) in [6.07, 6.45) is 2.68. The molecule has 0 unspecified atom stereocenters. The molecule has 0 atom stereocenters. The Hall–Kier alpha value is -2.47. The molecule has 0 N–H and O–H groups in total. The second-order valence-electron chi connectivity index (χ2n) is 7.47. The van der Waals surface area contributed by atoms with Gasteiger partial charge in [0.2, 0.25) is 0 Å². The number of aromatic nitrogens is 1. The Kier molecular flexibility index (Phi) is 5.81. The first kappa shape index (κ1) is 19.8. The lowest BCUT2D eigenvalue weighted by molar-refractivity contribution is 0.0739. The monoisotopic (exact) mass is 415 g/mol. The minimum Gasteiger partial charge on any atom is -0.493 e. The number of fused-ring (bicyclic) bond motifs is 1. The van der Waals surface area contributed by atoms with Crippen LogP contribution >= 0.6 is 11.6 Å². The third-order valence-corrected chi connectivity index (χ3v) is 5.92. The van der Waals surface area contributed by atoms with Gasteiger partial charge in [-0.3, -0.25) is 9.59 Å². The van der Waals surface area contributed by atoms with E-state index < -0.39 is 0 Å². The average Bonchev–Trinajstić information content (AvgIpc) is 2.74. The fraction of sp³-hybridized carbons (Fsp3) is 0.455. The predicted octanol–water partition coefficient (Wildman–Crippen LogP) is 3.20. The van der Waals surface area contributed by atoms with E-state index >= 15 is 0 Å². The third kappa shape index (κ3) is 3.99. The van der Waals surface area contributed by atoms with Crippen LogP contribution in [-0.2, 0) is 13.0 Å². The SMILES string of the molecule is CCOc1cc(=O)n2c(c1C(=O)N1CCN(c3cccc(Cl)c3)CC1)CCCC2. The van der Waals surface area contributed by atoms with Crippen molar-refractivity contribution in [2.75, 3.05) is 37.7 Å². The van der Waals surface area contributed by atoms with Gasteiger partial charge in [-0.05, 0) is 44.4 Å². The number of amides is 1. The van der Waals surface area contributed by atoms with Crippen LogP contribution in [0.3, 0.4) is 0 Å². The number of ether oxygens (including phenoxy) is 1. The Morgan fingerprint density at radius 2 is 1.90 bits per heavy atom. The van der Waals surface area contributed by atoms with Crippen LogP contribution in [0.5, 0.6) is 5.75 Å². The van der Waals surface area contributed by atoms with E-state index in [1.807, 2.05) is 36.1 Å². The quantitative estimate of drug-likeness (QED) is 0.769. The summed E-state index contributed by atoms with van der Waals surface area (Å²) in [7, 11) is 0. The first-order valence-corrected chi connectivity index (χ1v) is 10.7. The molecule has 1 aromatic carbocycles. The summed E-state index contributed by atoms with van der Waals surface area (Å²) < 4.78 is 7.47. The summed E-state index contributed by atoms with van der Waals surface area (Å²) in [6.45, 7) is 5.69. The Bertz CT molecular complexity index is 964. The maximum absolute atomic E-state index is 13.5. The topological polar surface area (TPSA) is 54.8 Å². The van der Waals surface area contributed by atoms with Crippen LogP contribution in [0.25, 0.3) is 0 Å². The molecule has 0 aliphatic carbocycles. The number of hydrogen-bond acceptors (Lipinski definition) is 4. The van der Waals surface area contributed by atoms with Crippen LogP contribution in [0.1, 0.15) is 35.8 Å². The van der Waals surface area contributed by atoms with E-state index in [2.05, 4.69) is 4.90 Å². The number of pyridine rings is 1. The first-order valence-electron chi connectivity index (χ1n) is 10.3. The molecule has 0 bridgehead atoms. The molecule has 1 amide bonds. The van der Waals surface area contributed by atoms with Crippen molar-refractivity contribution in [3.63, 3.8) is 0 Å². The fourth-order valence-electron chi connectivity index (χ4n) is 4.24. The highest BCUT2D eigenvalue weighted by molar-refractivity contribution is 6.30. The van der Waals surface area contributed by atoms with Gasteiger partial charge in [-0.1, -0.05) is 17.7 Å². The molecule has 1 fully saturated rings. The smallest absolute Gasteiger partial charge is 0.259 e. The number of hydrogen-bond donors (Lipinski definition) is 0. The lowest BCUT2D eigenvalue weighted by atomic mass is 10.0. The first-order chi connectivity index (χ1) is 14.1. The number of carbonyl (C=O) groups excluding carboxylic acids is 1. The Balaban J connectivity index is 1.58. The molecule has 1 saturated heterocycles. The van der Waals surface area contributed by atoms with Crippen molar-refractivity contribution in [1.29, 1.82) is 0 Å². The highest BCUT2D eigenvalue weighted by atomic mass is 35.5. The average molecular weight is 416 g/mol. The van der Waals surface area contributed by atoms with Crippen LogP contribution in [-0.4, -0.2) is 48.2 Å². The third-order valence-electron chi connectivity index (χ3n) is 5.68. The molecular weight excluding hydrogens is 390 g/mol. The van der Waals surface area contributed by atoms with Crippen LogP contribution in [0.4, 0.5) is 5.69 Å². The molecule has 4 rings (SSSR count). The van der Waals surface area contributed by atoms with Gasteiger partial charge in [0.25, 0.3) is 11.5 Å². The molecule has 0 radical (unpaired) electrons. The number of piperazine rings is 1. The van der Waals surface area contributed by atoms with Gasteiger partial charge in [0.15, 0.2) is 0 Å². The zero-order valence-electron chi connectivity index (χ0n) is 16.7. The zero-order valence-corrected chi connectivity index (χ0v) is 17.5. The summed E-state index contributed by atoms with van der Waals surface area (Å²) in [4.78, 5) is 30.1. The van der Waals surface area contributed by atoms with Crippen molar-refractivity contribution in [2.45, 2.75) is 32.7 Å². The Morgan fingerprint density at radius 1 is 1.10 bits per heavy atom. The molecule has 154 valence electrons. The summed E-state index contributed by atoms with van der Waals surface area (Å²) in [5.41, 5.74) is 2.39. The van der Waals surface area contributed by atoms with E-state index in [-0.39, 0.29) is 11.5 Å². The Morgan fingerprint density at radius 3 is 2.62 bits per heavy atom. The van der Waals surface area contributed by atoms with Gasteiger partial charge in [0, 0.05) is 55.2 Å². The maximum Gasteiger partial charge on any atom is 0.259 e. The minimum absolute atomic E-state index is 0.0372. The second kappa shape index (κ2) is 8.49. The molecule has 1 aromatic heterocycles. The predicted molar refractivity (Wildman–Crippen MR) is 114 cm³/mol. The van der Waals surface area contributed by atoms with Crippen LogP contribution in [0.2, 0.25) is 5.02 Å². The van der Waals surface area contributed by atoms with Crippen molar-refractivity contribution < 1.29 is 9.53 Å². The van der Waals surface area contributed by atoms with Gasteiger partial charge in [-0.15, -0.1) is 0 Å². The summed E-state index contributed by atoms with van der Waals surface area (Å²) in [5.74, 6) is 0.387. The minimum atomic E-state index is -0.0783. The molecule has 6 nitrogen and oxygen atoms in total. The summed E-state index contributed by atoms with van der Waals surface area (Å²) in [6, 6.07) is 9.27. The Labute approximate surface area is 175 Å². The largest absolute Gasteiger partial charge is 0.493 e. The van der Waals surface area contributed by atoms with Crippen molar-refractivity contribution >= 4 is 23.2 Å². The van der Waals surface area contributed by atoms with E-state index in [0.717, 1.165) is 43.7 Å². The molecule has 7 heteroatoms. The van der Waals surface area contributed by atoms with Gasteiger partial charge in [-0.2, -0.15) is 0 Å². The summed E-state index contributed by atoms with van der Waals surface area (Å²) in [5, 5.41) is 0.712. The number of anilines is 1. The fourth-order valence-corrected chi connectivity index (χ4v) is 4.42. The van der Waals surface area contributed by atoms with E-state index in [1.165, 1.54) is 6.07 Å². The van der Waals surface area contributed by atoms with Gasteiger partial charge < -0.3 is 19.1 Å². The van der Waals surface area contributed by atoms with Gasteiger partial charge in [0.1, 0.15) is 11.3 Å². The number of rotatable bonds is 4. The molecule has 0 saturated carbocycles. The van der Waals surface area contributed by atoms with Crippen molar-refractivity contribution in [2.24, 2.45) is 0 Å². The van der Waals surface area contributed by atoms with Crippen LogP contribution in [0, 0.1) is 0 Å². The molecule has 2 aliphatic heterocycles. The molecule has 0 spiro atoms. The molecule has 29 heavy (non-hydrogen) atoms. The number of nitrogens with zero attached hydrogens (tertiary/aromatic N) is 3. The normalized spacial score (nSPS) is 16.5. The van der Waals surface area contributed by atoms with E-state index in [1.54, 1.807) is 4.57 Å². The molecular formula is C22H26ClN3O3. The zero-order chi connectivity index (χ0) is 20.4. The second-order valence-corrected chi connectivity index (χ2v) is 7.91. The van der Waals surface area contributed by atoms with Crippen molar-refractivity contribution in [3.8, 4) is 5.75 Å².